The number of sulfonamides is 1. The van der Waals surface area contributed by atoms with Crippen molar-refractivity contribution >= 4 is 21.6 Å². The molecule has 1 aromatic carbocycles. The first-order valence-electron chi connectivity index (χ1n) is 7.47. The van der Waals surface area contributed by atoms with Gasteiger partial charge in [-0.3, -0.25) is 9.48 Å². The van der Waals surface area contributed by atoms with Crippen molar-refractivity contribution < 1.29 is 13.2 Å². The van der Waals surface area contributed by atoms with Crippen LogP contribution in [0.5, 0.6) is 0 Å². The zero-order valence-electron chi connectivity index (χ0n) is 13.7. The molecule has 0 spiro atoms. The largest absolute Gasteiger partial charge is 0.326 e. The molecule has 0 radical (unpaired) electrons. The molecule has 1 aliphatic heterocycles. The highest BCUT2D eigenvalue weighted by molar-refractivity contribution is 7.89. The van der Waals surface area contributed by atoms with E-state index < -0.39 is 15.4 Å². The van der Waals surface area contributed by atoms with Crippen molar-refractivity contribution in [2.75, 3.05) is 5.32 Å². The van der Waals surface area contributed by atoms with Crippen LogP contribution in [0.15, 0.2) is 29.3 Å². The van der Waals surface area contributed by atoms with Gasteiger partial charge in [0.25, 0.3) is 0 Å². The summed E-state index contributed by atoms with van der Waals surface area (Å²) in [6, 6.07) is 4.75. The molecule has 0 atom stereocenters. The van der Waals surface area contributed by atoms with Crippen molar-refractivity contribution in [3.8, 4) is 0 Å². The number of nitrogens with zero attached hydrogens (tertiary/aromatic N) is 3. The monoisotopic (exact) mass is 349 g/mol. The fraction of sp³-hybridized carbons (Fsp3) is 0.400. The van der Waals surface area contributed by atoms with Crippen molar-refractivity contribution in [3.63, 3.8) is 0 Å². The second kappa shape index (κ2) is 5.67. The summed E-state index contributed by atoms with van der Waals surface area (Å²) >= 11 is 0. The number of carbonyl (C=O) groups is 1. The fourth-order valence-corrected chi connectivity index (χ4v) is 3.80. The molecule has 2 N–H and O–H groups in total. The Bertz CT molecular complexity index is 902. The van der Waals surface area contributed by atoms with Gasteiger partial charge in [0.1, 0.15) is 0 Å². The highest BCUT2D eigenvalue weighted by atomic mass is 32.2. The molecule has 0 fully saturated rings. The zero-order chi connectivity index (χ0) is 17.5. The highest BCUT2D eigenvalue weighted by Gasteiger charge is 2.33. The van der Waals surface area contributed by atoms with E-state index in [0.29, 0.717) is 17.8 Å². The third-order valence-corrected chi connectivity index (χ3v) is 5.56. The topological polar surface area (TPSA) is 106 Å². The molecule has 0 aliphatic carbocycles. The lowest BCUT2D eigenvalue weighted by Crippen LogP contribution is -2.33. The number of benzene rings is 1. The molecular formula is C15H19N5O3S. The summed E-state index contributed by atoms with van der Waals surface area (Å²) in [5.74, 6) is -0.0649. The lowest BCUT2D eigenvalue weighted by Gasteiger charge is -2.32. The molecule has 0 bridgehead atoms. The lowest BCUT2D eigenvalue weighted by atomic mass is 9.78. The molecule has 0 saturated carbocycles. The first-order valence-corrected chi connectivity index (χ1v) is 8.95. The SMILES string of the molecule is Cn1nncc1CNS(=O)(=O)c1ccc2c(c1)C(C)(C)CC(=O)N2. The predicted octanol–water partition coefficient (Wildman–Crippen LogP) is 0.913. The number of hydrogen-bond acceptors (Lipinski definition) is 5. The van der Waals surface area contributed by atoms with E-state index in [9.17, 15) is 13.2 Å². The molecule has 2 heterocycles. The second-order valence-electron chi connectivity index (χ2n) is 6.49. The van der Waals surface area contributed by atoms with E-state index in [1.54, 1.807) is 19.2 Å². The zero-order valence-corrected chi connectivity index (χ0v) is 14.5. The molecule has 1 amide bonds. The van der Waals surface area contributed by atoms with E-state index in [1.165, 1.54) is 16.9 Å². The lowest BCUT2D eigenvalue weighted by molar-refractivity contribution is -0.117. The van der Waals surface area contributed by atoms with Crippen LogP contribution in [-0.2, 0) is 33.8 Å². The number of amides is 1. The molecule has 9 heteroatoms. The molecule has 0 saturated heterocycles. The number of fused-ring (bicyclic) bond motifs is 1. The fourth-order valence-electron chi connectivity index (χ4n) is 2.77. The van der Waals surface area contributed by atoms with Crippen LogP contribution in [0.25, 0.3) is 0 Å². The van der Waals surface area contributed by atoms with Crippen molar-refractivity contribution in [2.24, 2.45) is 7.05 Å². The van der Waals surface area contributed by atoms with Crippen molar-refractivity contribution in [1.82, 2.24) is 19.7 Å². The van der Waals surface area contributed by atoms with Gasteiger partial charge in [0.15, 0.2) is 0 Å². The van der Waals surface area contributed by atoms with Crippen LogP contribution in [-0.4, -0.2) is 29.3 Å². The summed E-state index contributed by atoms with van der Waals surface area (Å²) in [6.45, 7) is 3.95. The van der Waals surface area contributed by atoms with Gasteiger partial charge in [0.05, 0.1) is 23.3 Å². The number of hydrogen-bond donors (Lipinski definition) is 2. The maximum absolute atomic E-state index is 12.6. The number of nitrogens with one attached hydrogen (secondary N) is 2. The van der Waals surface area contributed by atoms with Crippen LogP contribution in [0.2, 0.25) is 0 Å². The Morgan fingerprint density at radius 3 is 2.79 bits per heavy atom. The first-order chi connectivity index (χ1) is 11.2. The normalized spacial score (nSPS) is 16.5. The minimum atomic E-state index is -3.68. The van der Waals surface area contributed by atoms with E-state index in [4.69, 9.17) is 0 Å². The van der Waals surface area contributed by atoms with Gasteiger partial charge < -0.3 is 5.32 Å². The van der Waals surface area contributed by atoms with E-state index in [-0.39, 0.29) is 17.3 Å². The average molecular weight is 349 g/mol. The average Bonchev–Trinajstić information content (AvgIpc) is 2.89. The Kier molecular flexibility index (Phi) is 3.92. The second-order valence-corrected chi connectivity index (χ2v) is 8.26. The minimum Gasteiger partial charge on any atom is -0.326 e. The molecule has 3 rings (SSSR count). The van der Waals surface area contributed by atoms with Crippen LogP contribution >= 0.6 is 0 Å². The van der Waals surface area contributed by atoms with Gasteiger partial charge in [-0.15, -0.1) is 5.10 Å². The van der Waals surface area contributed by atoms with E-state index in [1.807, 2.05) is 13.8 Å². The third-order valence-electron chi connectivity index (χ3n) is 4.16. The standard InChI is InChI=1S/C15H19N5O3S/c1-15(2)7-14(21)18-13-5-4-11(6-12(13)15)24(22,23)17-9-10-8-16-19-20(10)3/h4-6,8,17H,7,9H2,1-3H3,(H,18,21). The van der Waals surface area contributed by atoms with Crippen LogP contribution < -0.4 is 10.0 Å². The summed E-state index contributed by atoms with van der Waals surface area (Å²) in [4.78, 5) is 11.9. The van der Waals surface area contributed by atoms with Crippen LogP contribution in [0.4, 0.5) is 5.69 Å². The van der Waals surface area contributed by atoms with Crippen LogP contribution in [0, 0.1) is 0 Å². The summed E-state index contributed by atoms with van der Waals surface area (Å²) in [7, 11) is -1.99. The number of anilines is 1. The maximum atomic E-state index is 12.6. The number of aryl methyl sites for hydroxylation is 1. The van der Waals surface area contributed by atoms with Crippen molar-refractivity contribution in [2.45, 2.75) is 37.1 Å². The van der Waals surface area contributed by atoms with Gasteiger partial charge in [-0.25, -0.2) is 13.1 Å². The Morgan fingerprint density at radius 1 is 1.38 bits per heavy atom. The van der Waals surface area contributed by atoms with E-state index in [2.05, 4.69) is 20.4 Å². The molecule has 24 heavy (non-hydrogen) atoms. The molecular weight excluding hydrogens is 330 g/mol. The summed E-state index contributed by atoms with van der Waals surface area (Å²) in [5, 5.41) is 10.3. The molecule has 1 aliphatic rings. The Hall–Kier alpha value is -2.26. The van der Waals surface area contributed by atoms with Gasteiger partial charge in [-0.1, -0.05) is 19.1 Å². The predicted molar refractivity (Wildman–Crippen MR) is 87.7 cm³/mol. The molecule has 128 valence electrons. The van der Waals surface area contributed by atoms with Gasteiger partial charge in [-0.2, -0.15) is 0 Å². The van der Waals surface area contributed by atoms with Crippen LogP contribution in [0.1, 0.15) is 31.5 Å². The first kappa shape index (κ1) is 16.6. The number of aromatic nitrogens is 3. The molecule has 1 aromatic heterocycles. The quantitative estimate of drug-likeness (QED) is 0.853. The summed E-state index contributed by atoms with van der Waals surface area (Å²) in [6.07, 6.45) is 1.83. The Balaban J connectivity index is 1.89. The maximum Gasteiger partial charge on any atom is 0.240 e. The van der Waals surface area contributed by atoms with E-state index in [0.717, 1.165) is 5.56 Å². The molecule has 2 aromatic rings. The van der Waals surface area contributed by atoms with Crippen molar-refractivity contribution in [3.05, 3.63) is 35.7 Å². The van der Waals surface area contributed by atoms with Gasteiger partial charge >= 0.3 is 0 Å². The van der Waals surface area contributed by atoms with Gasteiger partial charge in [-0.05, 0) is 23.8 Å². The summed E-state index contributed by atoms with van der Waals surface area (Å²) in [5.41, 5.74) is 1.71. The minimum absolute atomic E-state index is 0.0649. The van der Waals surface area contributed by atoms with Crippen molar-refractivity contribution in [1.29, 1.82) is 0 Å². The van der Waals surface area contributed by atoms with Gasteiger partial charge in [0, 0.05) is 24.6 Å². The molecule has 8 nitrogen and oxygen atoms in total. The third kappa shape index (κ3) is 3.04. The van der Waals surface area contributed by atoms with Crippen LogP contribution in [0.3, 0.4) is 0 Å². The van der Waals surface area contributed by atoms with E-state index >= 15 is 0 Å². The summed E-state index contributed by atoms with van der Waals surface area (Å²) < 4.78 is 29.2. The highest BCUT2D eigenvalue weighted by Crippen LogP contribution is 2.38. The number of carbonyl (C=O) groups excluding carboxylic acids is 1. The molecule has 0 unspecified atom stereocenters. The number of rotatable bonds is 4. The smallest absolute Gasteiger partial charge is 0.240 e. The van der Waals surface area contributed by atoms with Gasteiger partial charge in [0.2, 0.25) is 15.9 Å². The Labute approximate surface area is 140 Å². The Morgan fingerprint density at radius 2 is 2.12 bits per heavy atom.